The number of nitrogens with zero attached hydrogens (tertiary/aromatic N) is 1. The van der Waals surface area contributed by atoms with Crippen LogP contribution in [-0.2, 0) is 23.8 Å². The highest BCUT2D eigenvalue weighted by Gasteiger charge is 2.29. The summed E-state index contributed by atoms with van der Waals surface area (Å²) in [7, 11) is 0. The highest BCUT2D eigenvalue weighted by Crippen LogP contribution is 2.30. The van der Waals surface area contributed by atoms with Crippen LogP contribution in [0, 0.1) is 11.3 Å². The smallest absolute Gasteiger partial charge is 0.360 e. The maximum Gasteiger partial charge on any atom is 0.416 e. The quantitative estimate of drug-likeness (QED) is 0.523. The molecular formula is C21H20F3N3O. The van der Waals surface area contributed by atoms with E-state index in [1.54, 1.807) is 0 Å². The Hall–Kier alpha value is -3.27. The lowest BCUT2D eigenvalue weighted by atomic mass is 10.0. The first kappa shape index (κ1) is 21.0. The fraction of sp³-hybridized carbons (Fsp3) is 0.238. The second kappa shape index (κ2) is 9.09. The molecule has 7 heteroatoms. The number of carbonyl (C=O) groups excluding carboxylic acids is 1. The summed E-state index contributed by atoms with van der Waals surface area (Å²) in [5.41, 5.74) is 1.97. The molecule has 2 N–H and O–H groups in total. The summed E-state index contributed by atoms with van der Waals surface area (Å²) in [5.74, 6) is -0.586. The maximum atomic E-state index is 12.6. The van der Waals surface area contributed by atoms with Crippen molar-refractivity contribution >= 4 is 17.3 Å². The number of para-hydroxylation sites is 1. The number of aryl methyl sites for hydroxylation is 2. The minimum atomic E-state index is -4.42. The van der Waals surface area contributed by atoms with Gasteiger partial charge >= 0.3 is 6.18 Å². The van der Waals surface area contributed by atoms with Crippen LogP contribution in [0.4, 0.5) is 24.5 Å². The maximum absolute atomic E-state index is 12.6. The summed E-state index contributed by atoms with van der Waals surface area (Å²) in [6, 6.07) is 11.8. The SMILES string of the molecule is CCc1cccc(CC)c1NC(=O)/C(C#N)=C\Nc1ccc(C(F)(F)F)cc1. The summed E-state index contributed by atoms with van der Waals surface area (Å²) in [6.07, 6.45) is -1.80. The Labute approximate surface area is 161 Å². The van der Waals surface area contributed by atoms with E-state index in [9.17, 15) is 23.2 Å². The molecule has 0 atom stereocenters. The van der Waals surface area contributed by atoms with Crippen LogP contribution >= 0.6 is 0 Å². The van der Waals surface area contributed by atoms with Gasteiger partial charge in [-0.3, -0.25) is 4.79 Å². The monoisotopic (exact) mass is 387 g/mol. The van der Waals surface area contributed by atoms with Gasteiger partial charge in [-0.1, -0.05) is 32.0 Å². The molecule has 0 heterocycles. The first-order chi connectivity index (χ1) is 13.3. The summed E-state index contributed by atoms with van der Waals surface area (Å²) in [4.78, 5) is 12.5. The summed E-state index contributed by atoms with van der Waals surface area (Å²) in [5, 5.41) is 14.8. The van der Waals surface area contributed by atoms with Crippen LogP contribution in [0.3, 0.4) is 0 Å². The third-order valence-electron chi connectivity index (χ3n) is 4.20. The summed E-state index contributed by atoms with van der Waals surface area (Å²) in [6.45, 7) is 3.94. The molecule has 2 aromatic carbocycles. The van der Waals surface area contributed by atoms with Crippen molar-refractivity contribution in [3.63, 3.8) is 0 Å². The lowest BCUT2D eigenvalue weighted by molar-refractivity contribution is -0.137. The third-order valence-corrected chi connectivity index (χ3v) is 4.20. The van der Waals surface area contributed by atoms with E-state index in [0.29, 0.717) is 11.4 Å². The van der Waals surface area contributed by atoms with Crippen molar-refractivity contribution in [3.05, 3.63) is 70.9 Å². The topological polar surface area (TPSA) is 64.9 Å². The van der Waals surface area contributed by atoms with Crippen molar-refractivity contribution in [2.24, 2.45) is 0 Å². The van der Waals surface area contributed by atoms with Gasteiger partial charge in [-0.2, -0.15) is 18.4 Å². The normalized spacial score (nSPS) is 11.6. The van der Waals surface area contributed by atoms with Gasteiger partial charge in [0.05, 0.1) is 5.56 Å². The van der Waals surface area contributed by atoms with Crippen molar-refractivity contribution in [2.75, 3.05) is 10.6 Å². The van der Waals surface area contributed by atoms with Gasteiger partial charge in [0.15, 0.2) is 0 Å². The zero-order chi connectivity index (χ0) is 20.7. The molecule has 1 amide bonds. The van der Waals surface area contributed by atoms with Crippen LogP contribution < -0.4 is 10.6 Å². The molecule has 0 bridgehead atoms. The van der Waals surface area contributed by atoms with E-state index in [1.165, 1.54) is 18.3 Å². The van der Waals surface area contributed by atoms with Gasteiger partial charge < -0.3 is 10.6 Å². The number of benzene rings is 2. The molecule has 0 spiro atoms. The predicted octanol–water partition coefficient (Wildman–Crippen LogP) is 5.29. The molecule has 0 aliphatic heterocycles. The third kappa shape index (κ3) is 5.13. The number of nitrogens with one attached hydrogen (secondary N) is 2. The number of rotatable bonds is 6. The summed E-state index contributed by atoms with van der Waals surface area (Å²) >= 11 is 0. The Morgan fingerprint density at radius 1 is 1.07 bits per heavy atom. The van der Waals surface area contributed by atoms with Crippen LogP contribution in [0.25, 0.3) is 0 Å². The number of anilines is 2. The van der Waals surface area contributed by atoms with Crippen molar-refractivity contribution < 1.29 is 18.0 Å². The molecule has 0 aliphatic carbocycles. The van der Waals surface area contributed by atoms with E-state index in [4.69, 9.17) is 0 Å². The number of hydrogen-bond donors (Lipinski definition) is 2. The molecule has 4 nitrogen and oxygen atoms in total. The highest BCUT2D eigenvalue weighted by molar-refractivity contribution is 6.07. The molecule has 2 rings (SSSR count). The molecule has 28 heavy (non-hydrogen) atoms. The molecule has 2 aromatic rings. The van der Waals surface area contributed by atoms with E-state index in [1.807, 2.05) is 38.1 Å². The van der Waals surface area contributed by atoms with Gasteiger partial charge in [0.2, 0.25) is 0 Å². The number of nitriles is 1. The largest absolute Gasteiger partial charge is 0.416 e. The highest BCUT2D eigenvalue weighted by atomic mass is 19.4. The van der Waals surface area contributed by atoms with Crippen molar-refractivity contribution in [1.82, 2.24) is 0 Å². The average Bonchev–Trinajstić information content (AvgIpc) is 2.68. The van der Waals surface area contributed by atoms with Crippen LogP contribution in [-0.4, -0.2) is 5.91 Å². The average molecular weight is 387 g/mol. The van der Waals surface area contributed by atoms with Gasteiger partial charge in [0.25, 0.3) is 5.91 Å². The van der Waals surface area contributed by atoms with Gasteiger partial charge in [-0.25, -0.2) is 0 Å². The zero-order valence-electron chi connectivity index (χ0n) is 15.5. The molecule has 0 radical (unpaired) electrons. The second-order valence-electron chi connectivity index (χ2n) is 6.00. The fourth-order valence-electron chi connectivity index (χ4n) is 2.64. The van der Waals surface area contributed by atoms with Gasteiger partial charge in [-0.15, -0.1) is 0 Å². The standard InChI is InChI=1S/C21H20F3N3O/c1-3-14-6-5-7-15(4-2)19(14)27-20(28)16(12-25)13-26-18-10-8-17(9-11-18)21(22,23)24/h5-11,13,26H,3-4H2,1-2H3,(H,27,28)/b16-13-. The van der Waals surface area contributed by atoms with E-state index >= 15 is 0 Å². The lowest BCUT2D eigenvalue weighted by Gasteiger charge is -2.14. The van der Waals surface area contributed by atoms with Crippen molar-refractivity contribution in [3.8, 4) is 6.07 Å². The van der Waals surface area contributed by atoms with Crippen molar-refractivity contribution in [2.45, 2.75) is 32.9 Å². The molecular weight excluding hydrogens is 367 g/mol. The van der Waals surface area contributed by atoms with Gasteiger partial charge in [0, 0.05) is 17.6 Å². The lowest BCUT2D eigenvalue weighted by Crippen LogP contribution is -2.17. The molecule has 0 saturated heterocycles. The number of hydrogen-bond acceptors (Lipinski definition) is 3. The Morgan fingerprint density at radius 3 is 2.11 bits per heavy atom. The van der Waals surface area contributed by atoms with Crippen LogP contribution in [0.15, 0.2) is 54.2 Å². The van der Waals surface area contributed by atoms with Crippen LogP contribution in [0.1, 0.15) is 30.5 Å². The molecule has 0 saturated carbocycles. The molecule has 0 aromatic heterocycles. The molecule has 0 aliphatic rings. The Balaban J connectivity index is 2.17. The molecule has 146 valence electrons. The van der Waals surface area contributed by atoms with Crippen molar-refractivity contribution in [1.29, 1.82) is 5.26 Å². The number of carbonyl (C=O) groups is 1. The van der Waals surface area contributed by atoms with E-state index in [2.05, 4.69) is 10.6 Å². The summed E-state index contributed by atoms with van der Waals surface area (Å²) < 4.78 is 37.8. The molecule has 0 fully saturated rings. The predicted molar refractivity (Wildman–Crippen MR) is 103 cm³/mol. The number of alkyl halides is 3. The van der Waals surface area contributed by atoms with E-state index < -0.39 is 17.6 Å². The first-order valence-electron chi connectivity index (χ1n) is 8.76. The Morgan fingerprint density at radius 2 is 1.64 bits per heavy atom. The number of amides is 1. The van der Waals surface area contributed by atoms with E-state index in [0.717, 1.165) is 36.1 Å². The van der Waals surface area contributed by atoms with E-state index in [-0.39, 0.29) is 5.57 Å². The zero-order valence-corrected chi connectivity index (χ0v) is 15.5. The van der Waals surface area contributed by atoms with Gasteiger partial charge in [-0.05, 0) is 48.2 Å². The first-order valence-corrected chi connectivity index (χ1v) is 8.76. The van der Waals surface area contributed by atoms with Crippen LogP contribution in [0.5, 0.6) is 0 Å². The molecule has 0 unspecified atom stereocenters. The fourth-order valence-corrected chi connectivity index (χ4v) is 2.64. The Bertz CT molecular complexity index is 888. The number of halogens is 3. The van der Waals surface area contributed by atoms with Crippen LogP contribution in [0.2, 0.25) is 0 Å². The van der Waals surface area contributed by atoms with Gasteiger partial charge in [0.1, 0.15) is 11.6 Å². The second-order valence-corrected chi connectivity index (χ2v) is 6.00. The minimum Gasteiger partial charge on any atom is -0.360 e. The minimum absolute atomic E-state index is 0.187. The Kier molecular flexibility index (Phi) is 6.83.